The first-order valence-corrected chi connectivity index (χ1v) is 12.7. The summed E-state index contributed by atoms with van der Waals surface area (Å²) in [6.45, 7) is 4.24. The van der Waals surface area contributed by atoms with E-state index < -0.39 is 0 Å². The summed E-state index contributed by atoms with van der Waals surface area (Å²) in [7, 11) is 0. The molecule has 2 heterocycles. The summed E-state index contributed by atoms with van der Waals surface area (Å²) >= 11 is 6.21. The quantitative estimate of drug-likeness (QED) is 0.346. The Morgan fingerprint density at radius 3 is 2.21 bits per heavy atom. The molecule has 0 unspecified atom stereocenters. The number of benzene rings is 3. The first-order valence-electron chi connectivity index (χ1n) is 12.3. The lowest BCUT2D eigenvalue weighted by atomic mass is 10.1. The van der Waals surface area contributed by atoms with Crippen molar-refractivity contribution in [1.29, 1.82) is 0 Å². The third-order valence-electron chi connectivity index (χ3n) is 6.32. The van der Waals surface area contributed by atoms with Crippen molar-refractivity contribution in [2.45, 2.75) is 6.92 Å². The molecule has 1 aliphatic rings. The van der Waals surface area contributed by atoms with E-state index in [9.17, 15) is 9.59 Å². The molecule has 2 amide bonds. The van der Waals surface area contributed by atoms with E-state index in [1.165, 1.54) is 6.92 Å². The van der Waals surface area contributed by atoms with Gasteiger partial charge in [0.05, 0.1) is 16.3 Å². The number of aromatic nitrogens is 2. The maximum atomic E-state index is 12.8. The zero-order valence-corrected chi connectivity index (χ0v) is 21.7. The number of nitrogens with zero attached hydrogens (tertiary/aromatic N) is 4. The molecule has 3 aromatic carbocycles. The summed E-state index contributed by atoms with van der Waals surface area (Å²) in [5.41, 5.74) is 4.95. The van der Waals surface area contributed by atoms with Crippen LogP contribution < -0.4 is 15.5 Å². The predicted octanol–water partition coefficient (Wildman–Crippen LogP) is 5.46. The number of hydrogen-bond acceptors (Lipinski definition) is 6. The van der Waals surface area contributed by atoms with Crippen LogP contribution in [0.15, 0.2) is 85.1 Å². The molecule has 0 atom stereocenters. The summed E-state index contributed by atoms with van der Waals surface area (Å²) in [5, 5.41) is 6.51. The van der Waals surface area contributed by atoms with Crippen molar-refractivity contribution in [3.05, 3.63) is 95.6 Å². The molecule has 0 spiro atoms. The fourth-order valence-electron chi connectivity index (χ4n) is 4.36. The molecule has 1 aromatic heterocycles. The van der Waals surface area contributed by atoms with Crippen molar-refractivity contribution in [3.63, 3.8) is 0 Å². The van der Waals surface area contributed by atoms with E-state index in [0.29, 0.717) is 29.6 Å². The summed E-state index contributed by atoms with van der Waals surface area (Å²) in [5.74, 6) is 0.358. The molecular formula is C29H27ClN6O2. The number of carbonyl (C=O) groups excluding carboxylic acids is 2. The van der Waals surface area contributed by atoms with Crippen LogP contribution in [0.1, 0.15) is 17.3 Å². The van der Waals surface area contributed by atoms with Crippen molar-refractivity contribution >= 4 is 46.4 Å². The zero-order chi connectivity index (χ0) is 26.5. The number of amides is 2. The van der Waals surface area contributed by atoms with Gasteiger partial charge in [-0.05, 0) is 54.6 Å². The molecule has 9 heteroatoms. The Labute approximate surface area is 226 Å². The van der Waals surface area contributed by atoms with Crippen LogP contribution in [0.3, 0.4) is 0 Å². The molecule has 0 bridgehead atoms. The molecule has 2 N–H and O–H groups in total. The van der Waals surface area contributed by atoms with Crippen LogP contribution in [0.5, 0.6) is 0 Å². The van der Waals surface area contributed by atoms with Gasteiger partial charge in [-0.3, -0.25) is 9.59 Å². The van der Waals surface area contributed by atoms with E-state index in [1.807, 2.05) is 59.5 Å². The highest BCUT2D eigenvalue weighted by Gasteiger charge is 2.23. The van der Waals surface area contributed by atoms with Gasteiger partial charge in [0.1, 0.15) is 0 Å². The predicted molar refractivity (Wildman–Crippen MR) is 151 cm³/mol. The maximum absolute atomic E-state index is 12.8. The van der Waals surface area contributed by atoms with Crippen molar-refractivity contribution in [2.24, 2.45) is 0 Å². The van der Waals surface area contributed by atoms with Gasteiger partial charge < -0.3 is 20.4 Å². The van der Waals surface area contributed by atoms with Gasteiger partial charge in [-0.1, -0.05) is 35.9 Å². The molecule has 1 aliphatic heterocycles. The van der Waals surface area contributed by atoms with Crippen molar-refractivity contribution in [2.75, 3.05) is 41.7 Å². The van der Waals surface area contributed by atoms with Gasteiger partial charge in [0.25, 0.3) is 5.91 Å². The van der Waals surface area contributed by atoms with Crippen LogP contribution in [-0.2, 0) is 4.79 Å². The third-order valence-corrected chi connectivity index (χ3v) is 6.65. The molecule has 1 fully saturated rings. The lowest BCUT2D eigenvalue weighted by Crippen LogP contribution is -2.48. The molecule has 4 aromatic rings. The summed E-state index contributed by atoms with van der Waals surface area (Å²) < 4.78 is 0. The lowest BCUT2D eigenvalue weighted by Gasteiger charge is -2.36. The number of hydrogen-bond donors (Lipinski definition) is 2. The summed E-state index contributed by atoms with van der Waals surface area (Å²) in [4.78, 5) is 37.2. The smallest absolute Gasteiger partial charge is 0.255 e. The second kappa shape index (κ2) is 11.3. The second-order valence-electron chi connectivity index (χ2n) is 8.95. The fourth-order valence-corrected chi connectivity index (χ4v) is 4.58. The highest BCUT2D eigenvalue weighted by atomic mass is 35.5. The van der Waals surface area contributed by atoms with Crippen LogP contribution >= 0.6 is 11.6 Å². The van der Waals surface area contributed by atoms with E-state index in [1.54, 1.807) is 18.3 Å². The van der Waals surface area contributed by atoms with E-state index in [4.69, 9.17) is 11.6 Å². The number of carbonyl (C=O) groups is 2. The van der Waals surface area contributed by atoms with Crippen LogP contribution in [-0.4, -0.2) is 52.9 Å². The maximum Gasteiger partial charge on any atom is 0.255 e. The Hall–Kier alpha value is -4.43. The van der Waals surface area contributed by atoms with Crippen molar-refractivity contribution < 1.29 is 9.59 Å². The highest BCUT2D eigenvalue weighted by molar-refractivity contribution is 6.33. The number of halogens is 1. The molecule has 0 radical (unpaired) electrons. The van der Waals surface area contributed by atoms with Gasteiger partial charge in [0.2, 0.25) is 11.9 Å². The van der Waals surface area contributed by atoms with Gasteiger partial charge >= 0.3 is 0 Å². The fraction of sp³-hybridized carbons (Fsp3) is 0.172. The Bertz CT molecular complexity index is 1430. The molecule has 1 saturated heterocycles. The van der Waals surface area contributed by atoms with Crippen LogP contribution in [0.2, 0.25) is 5.02 Å². The van der Waals surface area contributed by atoms with Crippen LogP contribution in [0.25, 0.3) is 11.3 Å². The largest absolute Gasteiger partial charge is 0.368 e. The van der Waals surface area contributed by atoms with Gasteiger partial charge in [0.15, 0.2) is 0 Å². The Balaban J connectivity index is 1.19. The minimum atomic E-state index is -0.108. The van der Waals surface area contributed by atoms with Crippen molar-refractivity contribution in [3.8, 4) is 11.3 Å². The number of piperazine rings is 1. The Kier molecular flexibility index (Phi) is 7.51. The highest BCUT2D eigenvalue weighted by Crippen LogP contribution is 2.24. The van der Waals surface area contributed by atoms with E-state index >= 15 is 0 Å². The molecule has 5 rings (SSSR count). The normalized spacial score (nSPS) is 13.2. The van der Waals surface area contributed by atoms with E-state index in [-0.39, 0.29) is 11.8 Å². The molecule has 0 aliphatic carbocycles. The van der Waals surface area contributed by atoms with Gasteiger partial charge in [-0.2, -0.15) is 0 Å². The second-order valence-corrected chi connectivity index (χ2v) is 9.36. The van der Waals surface area contributed by atoms with Crippen LogP contribution in [0, 0.1) is 0 Å². The van der Waals surface area contributed by atoms with Gasteiger partial charge in [-0.25, -0.2) is 9.97 Å². The van der Waals surface area contributed by atoms with Crippen molar-refractivity contribution in [1.82, 2.24) is 14.9 Å². The molecule has 38 heavy (non-hydrogen) atoms. The number of anilines is 4. The van der Waals surface area contributed by atoms with E-state index in [0.717, 1.165) is 41.4 Å². The minimum absolute atomic E-state index is 0.0271. The average Bonchev–Trinajstić information content (AvgIpc) is 2.94. The number of nitrogens with one attached hydrogen (secondary N) is 2. The zero-order valence-electron chi connectivity index (χ0n) is 20.9. The minimum Gasteiger partial charge on any atom is -0.368 e. The Morgan fingerprint density at radius 1 is 0.842 bits per heavy atom. The summed E-state index contributed by atoms with van der Waals surface area (Å²) in [6, 6.07) is 24.6. The van der Waals surface area contributed by atoms with E-state index in [2.05, 4.69) is 37.6 Å². The average molecular weight is 527 g/mol. The SMILES string of the molecule is CC(=O)Nc1ccc(-c2ccnc(Nc3ccc(N4CCN(C(=O)c5ccccc5Cl)CC4)cc3)n2)cc1. The van der Waals surface area contributed by atoms with Gasteiger partial charge in [0, 0.05) is 61.9 Å². The number of rotatable bonds is 6. The van der Waals surface area contributed by atoms with Gasteiger partial charge in [-0.15, -0.1) is 0 Å². The molecular weight excluding hydrogens is 500 g/mol. The molecule has 0 saturated carbocycles. The topological polar surface area (TPSA) is 90.5 Å². The molecule has 8 nitrogen and oxygen atoms in total. The lowest BCUT2D eigenvalue weighted by molar-refractivity contribution is -0.114. The first kappa shape index (κ1) is 25.2. The Morgan fingerprint density at radius 2 is 1.53 bits per heavy atom. The third kappa shape index (κ3) is 5.92. The van der Waals surface area contributed by atoms with Crippen LogP contribution in [0.4, 0.5) is 23.0 Å². The monoisotopic (exact) mass is 526 g/mol. The first-order chi connectivity index (χ1) is 18.5. The standard InChI is InChI=1S/C29H27ClN6O2/c1-20(37)32-22-8-6-21(7-9-22)27-14-15-31-29(34-27)33-23-10-12-24(13-11-23)35-16-18-36(19-17-35)28(38)25-4-2-3-5-26(25)30/h2-15H,16-19H2,1H3,(H,32,37)(H,31,33,34). The summed E-state index contributed by atoms with van der Waals surface area (Å²) in [6.07, 6.45) is 1.71. The molecule has 192 valence electrons.